The molecule has 1 unspecified atom stereocenters. The molecule has 1 atom stereocenters. The van der Waals surface area contributed by atoms with Crippen molar-refractivity contribution >= 4 is 5.91 Å². The van der Waals surface area contributed by atoms with Crippen LogP contribution in [0.1, 0.15) is 61.1 Å². The van der Waals surface area contributed by atoms with E-state index >= 15 is 0 Å². The minimum atomic E-state index is -0.501. The lowest BCUT2D eigenvalue weighted by Crippen LogP contribution is -2.21. The summed E-state index contributed by atoms with van der Waals surface area (Å²) in [5.74, 6) is -0.132. The second kappa shape index (κ2) is 5.48. The molecule has 1 aromatic heterocycles. The summed E-state index contributed by atoms with van der Waals surface area (Å²) in [6.07, 6.45) is 4.56. The highest BCUT2D eigenvalue weighted by Gasteiger charge is 2.29. The number of hydrogen-bond acceptors (Lipinski definition) is 4. The normalized spacial score (nSPS) is 17.4. The molecule has 1 saturated carbocycles. The molecule has 18 heavy (non-hydrogen) atoms. The van der Waals surface area contributed by atoms with Gasteiger partial charge in [0.1, 0.15) is 0 Å². The first-order chi connectivity index (χ1) is 8.59. The molecule has 1 aliphatic carbocycles. The van der Waals surface area contributed by atoms with Crippen LogP contribution in [0.3, 0.4) is 0 Å². The molecular formula is C12H20N4O2. The van der Waals surface area contributed by atoms with Crippen molar-refractivity contribution in [1.29, 1.82) is 0 Å². The standard InChI is InChI=1S/C12H20N4O2/c1-8(17)4-3-7-16-11(9-5-2-6-9)10(12(13)18)14-15-16/h8-9,17H,2-7H2,1H3,(H2,13,18). The molecule has 1 amide bonds. The zero-order valence-corrected chi connectivity index (χ0v) is 10.7. The van der Waals surface area contributed by atoms with E-state index in [1.165, 1.54) is 6.42 Å². The number of aliphatic hydroxyl groups excluding tert-OH is 1. The monoisotopic (exact) mass is 252 g/mol. The van der Waals surface area contributed by atoms with Crippen LogP contribution in [0.4, 0.5) is 0 Å². The van der Waals surface area contributed by atoms with Gasteiger partial charge in [-0.15, -0.1) is 5.10 Å². The van der Waals surface area contributed by atoms with Gasteiger partial charge in [0.25, 0.3) is 5.91 Å². The van der Waals surface area contributed by atoms with Crippen LogP contribution in [0.25, 0.3) is 0 Å². The Morgan fingerprint density at radius 1 is 1.61 bits per heavy atom. The molecule has 0 aliphatic heterocycles. The number of carbonyl (C=O) groups excluding carboxylic acids is 1. The molecule has 0 spiro atoms. The number of carbonyl (C=O) groups is 1. The number of rotatable bonds is 6. The van der Waals surface area contributed by atoms with Crippen molar-refractivity contribution in [2.45, 2.75) is 57.6 Å². The Morgan fingerprint density at radius 2 is 2.33 bits per heavy atom. The maximum Gasteiger partial charge on any atom is 0.271 e. The third kappa shape index (κ3) is 2.69. The molecular weight excluding hydrogens is 232 g/mol. The summed E-state index contributed by atoms with van der Waals surface area (Å²) < 4.78 is 1.78. The van der Waals surface area contributed by atoms with Crippen LogP contribution < -0.4 is 5.73 Å². The lowest BCUT2D eigenvalue weighted by molar-refractivity contribution is 0.0993. The van der Waals surface area contributed by atoms with Gasteiger partial charge in [0.15, 0.2) is 5.69 Å². The number of amides is 1. The Kier molecular flexibility index (Phi) is 3.96. The Morgan fingerprint density at radius 3 is 2.83 bits per heavy atom. The molecule has 100 valence electrons. The summed E-state index contributed by atoms with van der Waals surface area (Å²) in [5.41, 5.74) is 6.53. The Labute approximate surface area is 106 Å². The second-order valence-electron chi connectivity index (χ2n) is 5.03. The fraction of sp³-hybridized carbons (Fsp3) is 0.750. The van der Waals surface area contributed by atoms with Gasteiger partial charge in [0.2, 0.25) is 0 Å². The number of aliphatic hydroxyl groups is 1. The van der Waals surface area contributed by atoms with Crippen LogP contribution >= 0.6 is 0 Å². The summed E-state index contributed by atoms with van der Waals surface area (Å²) >= 11 is 0. The first-order valence-electron chi connectivity index (χ1n) is 6.51. The van der Waals surface area contributed by atoms with Crippen LogP contribution in [0, 0.1) is 0 Å². The van der Waals surface area contributed by atoms with E-state index in [0.29, 0.717) is 18.2 Å². The maximum atomic E-state index is 11.3. The second-order valence-corrected chi connectivity index (χ2v) is 5.03. The minimum absolute atomic E-state index is 0.309. The fourth-order valence-corrected chi connectivity index (χ4v) is 2.28. The molecule has 0 aromatic carbocycles. The highest BCUT2D eigenvalue weighted by molar-refractivity contribution is 5.92. The zero-order valence-electron chi connectivity index (χ0n) is 10.7. The van der Waals surface area contributed by atoms with Crippen molar-refractivity contribution in [3.63, 3.8) is 0 Å². The first-order valence-corrected chi connectivity index (χ1v) is 6.51. The quantitative estimate of drug-likeness (QED) is 0.783. The maximum absolute atomic E-state index is 11.3. The van der Waals surface area contributed by atoms with E-state index in [4.69, 9.17) is 5.73 Å². The highest BCUT2D eigenvalue weighted by atomic mass is 16.3. The topological polar surface area (TPSA) is 94.0 Å². The van der Waals surface area contributed by atoms with E-state index in [1.54, 1.807) is 11.6 Å². The van der Waals surface area contributed by atoms with Crippen LogP contribution in [-0.4, -0.2) is 32.1 Å². The van der Waals surface area contributed by atoms with Crippen molar-refractivity contribution < 1.29 is 9.90 Å². The number of nitrogens with zero attached hydrogens (tertiary/aromatic N) is 3. The van der Waals surface area contributed by atoms with Gasteiger partial charge >= 0.3 is 0 Å². The third-order valence-electron chi connectivity index (χ3n) is 3.49. The Hall–Kier alpha value is -1.43. The number of nitrogens with two attached hydrogens (primary N) is 1. The molecule has 1 aromatic rings. The average molecular weight is 252 g/mol. The van der Waals surface area contributed by atoms with Gasteiger partial charge in [-0.25, -0.2) is 4.68 Å². The Balaban J connectivity index is 2.11. The van der Waals surface area contributed by atoms with Crippen LogP contribution in [0.5, 0.6) is 0 Å². The number of aromatic nitrogens is 3. The SMILES string of the molecule is CC(O)CCCn1nnc(C(N)=O)c1C1CCC1. The van der Waals surface area contributed by atoms with E-state index in [-0.39, 0.29) is 6.10 Å². The van der Waals surface area contributed by atoms with Crippen molar-refractivity contribution in [3.8, 4) is 0 Å². The largest absolute Gasteiger partial charge is 0.393 e. The summed E-state index contributed by atoms with van der Waals surface area (Å²) in [6, 6.07) is 0. The van der Waals surface area contributed by atoms with Gasteiger partial charge in [0.05, 0.1) is 11.8 Å². The summed E-state index contributed by atoms with van der Waals surface area (Å²) in [6.45, 7) is 2.44. The molecule has 6 heteroatoms. The van der Waals surface area contributed by atoms with Gasteiger partial charge in [-0.05, 0) is 32.6 Å². The van der Waals surface area contributed by atoms with E-state index in [0.717, 1.165) is 31.4 Å². The number of hydrogen-bond donors (Lipinski definition) is 2. The molecule has 3 N–H and O–H groups in total. The fourth-order valence-electron chi connectivity index (χ4n) is 2.28. The molecule has 0 bridgehead atoms. The molecule has 0 radical (unpaired) electrons. The van der Waals surface area contributed by atoms with Crippen molar-refractivity contribution in [1.82, 2.24) is 15.0 Å². The third-order valence-corrected chi connectivity index (χ3v) is 3.49. The van der Waals surface area contributed by atoms with Crippen LogP contribution in [-0.2, 0) is 6.54 Å². The summed E-state index contributed by atoms with van der Waals surface area (Å²) in [4.78, 5) is 11.3. The van der Waals surface area contributed by atoms with Gasteiger partial charge in [-0.2, -0.15) is 0 Å². The molecule has 1 fully saturated rings. The smallest absolute Gasteiger partial charge is 0.271 e. The van der Waals surface area contributed by atoms with Crippen molar-refractivity contribution in [3.05, 3.63) is 11.4 Å². The minimum Gasteiger partial charge on any atom is -0.393 e. The van der Waals surface area contributed by atoms with Crippen molar-refractivity contribution in [2.24, 2.45) is 5.73 Å². The summed E-state index contributed by atoms with van der Waals surface area (Å²) in [5, 5.41) is 17.2. The molecule has 0 saturated heterocycles. The summed E-state index contributed by atoms with van der Waals surface area (Å²) in [7, 11) is 0. The zero-order chi connectivity index (χ0) is 13.1. The van der Waals surface area contributed by atoms with Crippen molar-refractivity contribution in [2.75, 3.05) is 0 Å². The molecule has 2 rings (SSSR count). The molecule has 1 heterocycles. The van der Waals surface area contributed by atoms with Crippen LogP contribution in [0.15, 0.2) is 0 Å². The van der Waals surface area contributed by atoms with Gasteiger partial charge in [-0.3, -0.25) is 4.79 Å². The van der Waals surface area contributed by atoms with Gasteiger partial charge in [0, 0.05) is 12.5 Å². The number of primary amides is 1. The van der Waals surface area contributed by atoms with Gasteiger partial charge in [-0.1, -0.05) is 11.6 Å². The molecule has 1 aliphatic rings. The van der Waals surface area contributed by atoms with Crippen LogP contribution in [0.2, 0.25) is 0 Å². The molecule has 6 nitrogen and oxygen atoms in total. The predicted molar refractivity (Wildman–Crippen MR) is 66.0 cm³/mol. The lowest BCUT2D eigenvalue weighted by Gasteiger charge is -2.26. The highest BCUT2D eigenvalue weighted by Crippen LogP contribution is 2.37. The number of aryl methyl sites for hydroxylation is 1. The van der Waals surface area contributed by atoms with Gasteiger partial charge < -0.3 is 10.8 Å². The van der Waals surface area contributed by atoms with E-state index in [1.807, 2.05) is 0 Å². The lowest BCUT2D eigenvalue weighted by atomic mass is 9.82. The average Bonchev–Trinajstić information content (AvgIpc) is 2.59. The van der Waals surface area contributed by atoms with E-state index in [9.17, 15) is 9.90 Å². The predicted octanol–water partition coefficient (Wildman–Crippen LogP) is 0.805. The van der Waals surface area contributed by atoms with E-state index < -0.39 is 5.91 Å². The first kappa shape index (κ1) is 13.0. The van der Waals surface area contributed by atoms with E-state index in [2.05, 4.69) is 10.3 Å². The Bertz CT molecular complexity index is 424.